The van der Waals surface area contributed by atoms with Crippen LogP contribution in [0.15, 0.2) is 12.3 Å². The largest absolute Gasteiger partial charge is 0.466 e. The zero-order chi connectivity index (χ0) is 13.8. The summed E-state index contributed by atoms with van der Waals surface area (Å²) in [4.78, 5) is 12.1. The Hall–Kier alpha value is -1.36. The van der Waals surface area contributed by atoms with Crippen LogP contribution in [0.2, 0.25) is 0 Å². The molecule has 0 aliphatic carbocycles. The molecule has 106 valence electrons. The lowest BCUT2D eigenvalue weighted by atomic mass is 9.85. The van der Waals surface area contributed by atoms with E-state index in [0.717, 1.165) is 5.69 Å². The summed E-state index contributed by atoms with van der Waals surface area (Å²) in [6.07, 6.45) is 2.50. The predicted octanol–water partition coefficient (Wildman–Crippen LogP) is 2.15. The van der Waals surface area contributed by atoms with Crippen molar-refractivity contribution in [3.05, 3.63) is 18.0 Å². The molecule has 2 rings (SSSR count). The molecule has 0 radical (unpaired) electrons. The Morgan fingerprint density at radius 2 is 2.42 bits per heavy atom. The lowest BCUT2D eigenvalue weighted by Crippen LogP contribution is -2.34. The first-order valence-corrected chi connectivity index (χ1v) is 6.93. The number of nitrogens with zero attached hydrogens (tertiary/aromatic N) is 2. The molecule has 1 aromatic rings. The summed E-state index contributed by atoms with van der Waals surface area (Å²) in [5, 5.41) is 4.34. The topological polar surface area (TPSA) is 53.4 Å². The van der Waals surface area contributed by atoms with Crippen LogP contribution in [0.3, 0.4) is 0 Å². The van der Waals surface area contributed by atoms with Gasteiger partial charge in [0.2, 0.25) is 0 Å². The van der Waals surface area contributed by atoms with E-state index in [0.29, 0.717) is 26.2 Å². The Morgan fingerprint density at radius 1 is 1.63 bits per heavy atom. The molecule has 0 bridgehead atoms. The molecule has 0 amide bonds. The van der Waals surface area contributed by atoms with Gasteiger partial charge in [-0.2, -0.15) is 5.10 Å². The number of aromatic nitrogens is 2. The summed E-state index contributed by atoms with van der Waals surface area (Å²) >= 11 is 0. The Labute approximate surface area is 113 Å². The second kappa shape index (κ2) is 6.19. The maximum absolute atomic E-state index is 12.1. The highest BCUT2D eigenvalue weighted by atomic mass is 16.5. The van der Waals surface area contributed by atoms with Gasteiger partial charge in [-0.25, -0.2) is 0 Å². The zero-order valence-electron chi connectivity index (χ0n) is 11.8. The molecular formula is C14H22N2O3. The van der Waals surface area contributed by atoms with E-state index < -0.39 is 0 Å². The Morgan fingerprint density at radius 3 is 3.11 bits per heavy atom. The number of carbonyl (C=O) groups excluding carboxylic acids is 1. The van der Waals surface area contributed by atoms with E-state index in [-0.39, 0.29) is 23.8 Å². The standard InChI is InChI=1S/C14H22N2O3/c1-4-19-14(17)11-6-8-18-9-12(11)13-5-7-15-16(13)10(2)3/h5,7,10-12H,4,6,8-9H2,1-3H3/t11-,12+/m1/s1. The number of hydrogen-bond donors (Lipinski definition) is 0. The summed E-state index contributed by atoms with van der Waals surface area (Å²) in [6, 6.07) is 2.25. The second-order valence-corrected chi connectivity index (χ2v) is 5.12. The molecule has 0 N–H and O–H groups in total. The average molecular weight is 266 g/mol. The van der Waals surface area contributed by atoms with Crippen molar-refractivity contribution >= 4 is 5.97 Å². The Kier molecular flexibility index (Phi) is 4.58. The first kappa shape index (κ1) is 14.1. The first-order chi connectivity index (χ1) is 9.15. The fourth-order valence-corrected chi connectivity index (χ4v) is 2.61. The molecule has 2 atom stereocenters. The van der Waals surface area contributed by atoms with Gasteiger partial charge in [-0.05, 0) is 33.3 Å². The fourth-order valence-electron chi connectivity index (χ4n) is 2.61. The molecule has 0 aromatic carbocycles. The summed E-state index contributed by atoms with van der Waals surface area (Å²) < 4.78 is 12.7. The molecule has 5 nitrogen and oxygen atoms in total. The fraction of sp³-hybridized carbons (Fsp3) is 0.714. The van der Waals surface area contributed by atoms with Crippen molar-refractivity contribution in [2.45, 2.75) is 39.2 Å². The van der Waals surface area contributed by atoms with Crippen LogP contribution in [0.25, 0.3) is 0 Å². The molecule has 1 aromatic heterocycles. The Balaban J connectivity index is 2.23. The van der Waals surface area contributed by atoms with Gasteiger partial charge in [-0.3, -0.25) is 9.48 Å². The summed E-state index contributed by atoms with van der Waals surface area (Å²) in [6.45, 7) is 7.60. The average Bonchev–Trinajstić information content (AvgIpc) is 2.88. The van der Waals surface area contributed by atoms with Crippen LogP contribution in [0, 0.1) is 5.92 Å². The summed E-state index contributed by atoms with van der Waals surface area (Å²) in [5.41, 5.74) is 1.06. The van der Waals surface area contributed by atoms with Crippen LogP contribution in [-0.4, -0.2) is 35.6 Å². The third kappa shape index (κ3) is 2.97. The van der Waals surface area contributed by atoms with Gasteiger partial charge in [0.25, 0.3) is 0 Å². The van der Waals surface area contributed by atoms with Crippen molar-refractivity contribution in [3.8, 4) is 0 Å². The maximum atomic E-state index is 12.1. The molecule has 19 heavy (non-hydrogen) atoms. The van der Waals surface area contributed by atoms with Crippen molar-refractivity contribution in [2.75, 3.05) is 19.8 Å². The second-order valence-electron chi connectivity index (χ2n) is 5.12. The van der Waals surface area contributed by atoms with Crippen molar-refractivity contribution in [2.24, 2.45) is 5.92 Å². The van der Waals surface area contributed by atoms with Gasteiger partial charge in [0.15, 0.2) is 0 Å². The summed E-state index contributed by atoms with van der Waals surface area (Å²) in [5.74, 6) is -0.201. The van der Waals surface area contributed by atoms with E-state index in [1.807, 2.05) is 17.7 Å². The highest BCUT2D eigenvalue weighted by Gasteiger charge is 2.35. The van der Waals surface area contributed by atoms with Crippen molar-refractivity contribution in [3.63, 3.8) is 0 Å². The number of esters is 1. The predicted molar refractivity (Wildman–Crippen MR) is 70.9 cm³/mol. The molecule has 1 aliphatic heterocycles. The van der Waals surface area contributed by atoms with E-state index in [1.165, 1.54) is 0 Å². The highest BCUT2D eigenvalue weighted by Crippen LogP contribution is 2.33. The minimum atomic E-state index is -0.122. The molecule has 0 unspecified atom stereocenters. The summed E-state index contributed by atoms with van der Waals surface area (Å²) in [7, 11) is 0. The van der Waals surface area contributed by atoms with Crippen LogP contribution < -0.4 is 0 Å². The monoisotopic (exact) mass is 266 g/mol. The Bertz CT molecular complexity index is 428. The van der Waals surface area contributed by atoms with Gasteiger partial charge >= 0.3 is 5.97 Å². The maximum Gasteiger partial charge on any atom is 0.309 e. The molecule has 1 aliphatic rings. The van der Waals surface area contributed by atoms with Gasteiger partial charge in [0, 0.05) is 30.5 Å². The van der Waals surface area contributed by atoms with E-state index in [1.54, 1.807) is 6.20 Å². The quantitative estimate of drug-likeness (QED) is 0.784. The highest BCUT2D eigenvalue weighted by molar-refractivity contribution is 5.73. The SMILES string of the molecule is CCOC(=O)[C@@H]1CCOC[C@@H]1c1ccnn1C(C)C. The minimum Gasteiger partial charge on any atom is -0.466 e. The van der Waals surface area contributed by atoms with Crippen LogP contribution in [0.1, 0.15) is 44.8 Å². The van der Waals surface area contributed by atoms with E-state index in [9.17, 15) is 4.79 Å². The van der Waals surface area contributed by atoms with Crippen molar-refractivity contribution in [1.82, 2.24) is 9.78 Å². The first-order valence-electron chi connectivity index (χ1n) is 6.93. The number of hydrogen-bond acceptors (Lipinski definition) is 4. The van der Waals surface area contributed by atoms with Crippen molar-refractivity contribution in [1.29, 1.82) is 0 Å². The molecule has 2 heterocycles. The van der Waals surface area contributed by atoms with E-state index >= 15 is 0 Å². The van der Waals surface area contributed by atoms with Crippen LogP contribution in [-0.2, 0) is 14.3 Å². The molecule has 0 saturated carbocycles. The van der Waals surface area contributed by atoms with Gasteiger partial charge in [-0.1, -0.05) is 0 Å². The lowest BCUT2D eigenvalue weighted by molar-refractivity contribution is -0.152. The third-order valence-electron chi connectivity index (χ3n) is 3.52. The number of rotatable bonds is 4. The van der Waals surface area contributed by atoms with Crippen LogP contribution >= 0.6 is 0 Å². The van der Waals surface area contributed by atoms with Gasteiger partial charge in [-0.15, -0.1) is 0 Å². The van der Waals surface area contributed by atoms with E-state index in [4.69, 9.17) is 9.47 Å². The minimum absolute atomic E-state index is 0.0395. The smallest absolute Gasteiger partial charge is 0.309 e. The third-order valence-corrected chi connectivity index (χ3v) is 3.52. The number of ether oxygens (including phenoxy) is 2. The van der Waals surface area contributed by atoms with Crippen LogP contribution in [0.5, 0.6) is 0 Å². The molecular weight excluding hydrogens is 244 g/mol. The molecule has 0 spiro atoms. The van der Waals surface area contributed by atoms with Gasteiger partial charge < -0.3 is 9.47 Å². The zero-order valence-corrected chi connectivity index (χ0v) is 11.8. The van der Waals surface area contributed by atoms with Crippen LogP contribution in [0.4, 0.5) is 0 Å². The van der Waals surface area contributed by atoms with Gasteiger partial charge in [0.05, 0.1) is 19.1 Å². The number of carbonyl (C=O) groups is 1. The van der Waals surface area contributed by atoms with Gasteiger partial charge in [0.1, 0.15) is 0 Å². The lowest BCUT2D eigenvalue weighted by Gasteiger charge is -2.30. The molecule has 1 fully saturated rings. The molecule has 5 heteroatoms. The normalized spacial score (nSPS) is 23.6. The van der Waals surface area contributed by atoms with E-state index in [2.05, 4.69) is 18.9 Å². The molecule has 1 saturated heterocycles. The van der Waals surface area contributed by atoms with Crippen molar-refractivity contribution < 1.29 is 14.3 Å².